The minimum atomic E-state index is 0.284. The van der Waals surface area contributed by atoms with Crippen molar-refractivity contribution >= 4 is 12.0 Å². The summed E-state index contributed by atoms with van der Waals surface area (Å²) in [7, 11) is 1.95. The maximum Gasteiger partial charge on any atom is 0.0662 e. The smallest absolute Gasteiger partial charge is 0.0662 e. The van der Waals surface area contributed by atoms with Gasteiger partial charge in [-0.3, -0.25) is 0 Å². The molecular weight excluding hydrogens is 158 g/mol. The summed E-state index contributed by atoms with van der Waals surface area (Å²) in [5.41, 5.74) is 0.284. The maximum absolute atomic E-state index is 5.38. The summed E-state index contributed by atoms with van der Waals surface area (Å²) in [5.74, 6) is 1.02. The molecule has 0 aromatic carbocycles. The third kappa shape index (κ3) is 10.3. The van der Waals surface area contributed by atoms with E-state index >= 15 is 0 Å². The molecular formula is C8H19NOS. The number of hydrogen-bond donors (Lipinski definition) is 1. The van der Waals surface area contributed by atoms with E-state index in [1.807, 2.05) is 7.05 Å². The van der Waals surface area contributed by atoms with E-state index in [4.69, 9.17) is 4.18 Å². The largest absolute Gasteiger partial charge is 0.319 e. The van der Waals surface area contributed by atoms with Gasteiger partial charge in [-0.2, -0.15) is 0 Å². The van der Waals surface area contributed by atoms with E-state index < -0.39 is 0 Å². The van der Waals surface area contributed by atoms with Crippen molar-refractivity contribution in [2.45, 2.75) is 20.8 Å². The molecule has 0 heterocycles. The Morgan fingerprint density at radius 2 is 2.00 bits per heavy atom. The molecule has 0 rings (SSSR count). The first kappa shape index (κ1) is 11.3. The summed E-state index contributed by atoms with van der Waals surface area (Å²) in [6.07, 6.45) is 0. The van der Waals surface area contributed by atoms with E-state index in [0.717, 1.165) is 18.9 Å². The second-order valence-electron chi connectivity index (χ2n) is 3.75. The lowest BCUT2D eigenvalue weighted by Gasteiger charge is -2.16. The van der Waals surface area contributed by atoms with Crippen LogP contribution in [-0.4, -0.2) is 26.0 Å². The van der Waals surface area contributed by atoms with Crippen LogP contribution in [0.25, 0.3) is 0 Å². The van der Waals surface area contributed by atoms with Gasteiger partial charge >= 0.3 is 0 Å². The van der Waals surface area contributed by atoms with Gasteiger partial charge < -0.3 is 9.50 Å². The molecule has 0 saturated heterocycles. The Balaban J connectivity index is 3.02. The molecule has 0 amide bonds. The van der Waals surface area contributed by atoms with Gasteiger partial charge in [0.05, 0.1) is 6.61 Å². The second-order valence-corrected chi connectivity index (χ2v) is 4.63. The molecule has 0 spiro atoms. The fourth-order valence-electron chi connectivity index (χ4n) is 0.421. The molecule has 3 heteroatoms. The fourth-order valence-corrected chi connectivity index (χ4v) is 1.26. The fraction of sp³-hybridized carbons (Fsp3) is 1.00. The molecule has 0 unspecified atom stereocenters. The van der Waals surface area contributed by atoms with Gasteiger partial charge in [-0.15, -0.1) is 0 Å². The average Bonchev–Trinajstić information content (AvgIpc) is 1.85. The van der Waals surface area contributed by atoms with Crippen LogP contribution in [0.2, 0.25) is 0 Å². The SMILES string of the molecule is CNCCSOCC(C)(C)C. The summed E-state index contributed by atoms with van der Waals surface area (Å²) in [5, 5.41) is 3.06. The van der Waals surface area contributed by atoms with E-state index in [2.05, 4.69) is 26.1 Å². The van der Waals surface area contributed by atoms with Gasteiger partial charge in [0.2, 0.25) is 0 Å². The molecule has 0 bridgehead atoms. The quantitative estimate of drug-likeness (QED) is 0.512. The predicted molar refractivity (Wildman–Crippen MR) is 51.8 cm³/mol. The molecule has 0 aliphatic rings. The van der Waals surface area contributed by atoms with Crippen molar-refractivity contribution in [3.8, 4) is 0 Å². The highest BCUT2D eigenvalue weighted by atomic mass is 32.2. The molecule has 0 aliphatic heterocycles. The molecule has 1 N–H and O–H groups in total. The van der Waals surface area contributed by atoms with E-state index in [9.17, 15) is 0 Å². The monoisotopic (exact) mass is 177 g/mol. The minimum Gasteiger partial charge on any atom is -0.319 e. The standard InChI is InChI=1S/C8H19NOS/c1-8(2,3)7-10-11-6-5-9-4/h9H,5-7H2,1-4H3. The van der Waals surface area contributed by atoms with Gasteiger partial charge in [0.1, 0.15) is 0 Å². The molecule has 0 saturated carbocycles. The van der Waals surface area contributed by atoms with E-state index in [1.54, 1.807) is 12.0 Å². The molecule has 2 nitrogen and oxygen atoms in total. The van der Waals surface area contributed by atoms with Crippen LogP contribution >= 0.6 is 12.0 Å². The molecule has 0 atom stereocenters. The zero-order valence-corrected chi connectivity index (χ0v) is 8.75. The van der Waals surface area contributed by atoms with Gasteiger partial charge in [-0.1, -0.05) is 20.8 Å². The highest BCUT2D eigenvalue weighted by Gasteiger charge is 2.09. The average molecular weight is 177 g/mol. The van der Waals surface area contributed by atoms with E-state index in [-0.39, 0.29) is 5.41 Å². The normalized spacial score (nSPS) is 12.0. The van der Waals surface area contributed by atoms with Crippen LogP contribution in [0.15, 0.2) is 0 Å². The van der Waals surface area contributed by atoms with Crippen LogP contribution in [0, 0.1) is 5.41 Å². The molecule has 0 aromatic heterocycles. The van der Waals surface area contributed by atoms with Gasteiger partial charge in [-0.25, -0.2) is 0 Å². The van der Waals surface area contributed by atoms with Crippen molar-refractivity contribution in [1.82, 2.24) is 5.32 Å². The predicted octanol–water partition coefficient (Wildman–Crippen LogP) is 1.92. The molecule has 0 radical (unpaired) electrons. The van der Waals surface area contributed by atoms with Crippen molar-refractivity contribution in [2.24, 2.45) is 5.41 Å². The van der Waals surface area contributed by atoms with E-state index in [1.165, 1.54) is 0 Å². The van der Waals surface area contributed by atoms with Gasteiger partial charge in [0.15, 0.2) is 0 Å². The van der Waals surface area contributed by atoms with Gasteiger partial charge in [-0.05, 0) is 24.5 Å². The van der Waals surface area contributed by atoms with Gasteiger partial charge in [0, 0.05) is 12.3 Å². The zero-order valence-electron chi connectivity index (χ0n) is 7.94. The third-order valence-electron chi connectivity index (χ3n) is 1.01. The molecule has 0 fully saturated rings. The lowest BCUT2D eigenvalue weighted by atomic mass is 9.99. The lowest BCUT2D eigenvalue weighted by molar-refractivity contribution is 0.227. The first-order valence-corrected chi connectivity index (χ1v) is 4.86. The number of nitrogens with one attached hydrogen (secondary N) is 1. The highest BCUT2D eigenvalue weighted by molar-refractivity contribution is 7.94. The van der Waals surface area contributed by atoms with Crippen LogP contribution < -0.4 is 5.32 Å². The third-order valence-corrected chi connectivity index (χ3v) is 1.67. The molecule has 0 aliphatic carbocycles. The van der Waals surface area contributed by atoms with Crippen molar-refractivity contribution in [3.63, 3.8) is 0 Å². The Bertz CT molecular complexity index is 90.6. The number of rotatable bonds is 5. The Kier molecular flexibility index (Phi) is 6.01. The number of hydrogen-bond acceptors (Lipinski definition) is 3. The van der Waals surface area contributed by atoms with E-state index in [0.29, 0.717) is 0 Å². The van der Waals surface area contributed by atoms with Crippen molar-refractivity contribution in [1.29, 1.82) is 0 Å². The Morgan fingerprint density at radius 3 is 2.45 bits per heavy atom. The van der Waals surface area contributed by atoms with Crippen molar-refractivity contribution in [3.05, 3.63) is 0 Å². The van der Waals surface area contributed by atoms with Crippen LogP contribution in [-0.2, 0) is 4.18 Å². The summed E-state index contributed by atoms with van der Waals surface area (Å²) in [4.78, 5) is 0. The Morgan fingerprint density at radius 1 is 1.36 bits per heavy atom. The topological polar surface area (TPSA) is 21.3 Å². The Hall–Kier alpha value is 0.270. The first-order valence-electron chi connectivity index (χ1n) is 3.95. The van der Waals surface area contributed by atoms with Crippen LogP contribution in [0.4, 0.5) is 0 Å². The molecule has 68 valence electrons. The Labute approximate surface area is 74.3 Å². The maximum atomic E-state index is 5.38. The van der Waals surface area contributed by atoms with Crippen molar-refractivity contribution in [2.75, 3.05) is 26.0 Å². The van der Waals surface area contributed by atoms with Crippen LogP contribution in [0.1, 0.15) is 20.8 Å². The minimum absolute atomic E-state index is 0.284. The summed E-state index contributed by atoms with van der Waals surface area (Å²) in [6.45, 7) is 8.35. The first-order chi connectivity index (χ1) is 5.06. The van der Waals surface area contributed by atoms with Gasteiger partial charge in [0.25, 0.3) is 0 Å². The zero-order chi connectivity index (χ0) is 8.74. The molecule has 0 aromatic rings. The lowest BCUT2D eigenvalue weighted by Crippen LogP contribution is -2.14. The van der Waals surface area contributed by atoms with Crippen LogP contribution in [0.3, 0.4) is 0 Å². The molecule has 11 heavy (non-hydrogen) atoms. The summed E-state index contributed by atoms with van der Waals surface area (Å²) < 4.78 is 5.38. The summed E-state index contributed by atoms with van der Waals surface area (Å²) in [6, 6.07) is 0. The summed E-state index contributed by atoms with van der Waals surface area (Å²) >= 11 is 1.54. The highest BCUT2D eigenvalue weighted by Crippen LogP contribution is 2.16. The van der Waals surface area contributed by atoms with Crippen LogP contribution in [0.5, 0.6) is 0 Å². The second kappa shape index (κ2) is 5.86. The van der Waals surface area contributed by atoms with Crippen molar-refractivity contribution < 1.29 is 4.18 Å².